The number of rotatable bonds is 11. The van der Waals surface area contributed by atoms with Crippen molar-refractivity contribution in [3.05, 3.63) is 59.2 Å². The van der Waals surface area contributed by atoms with Crippen LogP contribution in [0.25, 0.3) is 0 Å². The van der Waals surface area contributed by atoms with Gasteiger partial charge in [-0.15, -0.1) is 12.4 Å². The van der Waals surface area contributed by atoms with Crippen LogP contribution in [0.3, 0.4) is 0 Å². The second-order valence-electron chi connectivity index (χ2n) is 8.94. The van der Waals surface area contributed by atoms with Crippen LogP contribution in [0, 0.1) is 0 Å². The molecular weight excluding hydrogens is 461 g/mol. The van der Waals surface area contributed by atoms with Crippen LogP contribution >= 0.6 is 12.4 Å². The Morgan fingerprint density at radius 1 is 0.882 bits per heavy atom. The molecule has 2 aromatic carbocycles. The Balaban J connectivity index is 0.00000408. The zero-order chi connectivity index (χ0) is 23.7. The van der Waals surface area contributed by atoms with Gasteiger partial charge in [0.05, 0.1) is 12.7 Å². The maximum Gasteiger partial charge on any atom is 0.416 e. The van der Waals surface area contributed by atoms with E-state index in [0.29, 0.717) is 5.69 Å². The number of piperazine rings is 1. The molecule has 3 rings (SSSR count). The third-order valence-electron chi connectivity index (χ3n) is 6.52. The Labute approximate surface area is 208 Å². The highest BCUT2D eigenvalue weighted by atomic mass is 35.5. The molecule has 0 radical (unpaired) electrons. The summed E-state index contributed by atoms with van der Waals surface area (Å²) in [5.74, 6) is 0.976. The second-order valence-corrected chi connectivity index (χ2v) is 8.94. The number of nitrogens with zero attached hydrogens (tertiary/aromatic N) is 2. The fraction of sp³-hybridized carbons (Fsp3) is 0.556. The predicted octanol–water partition coefficient (Wildman–Crippen LogP) is 7.01. The number of anilines is 1. The summed E-state index contributed by atoms with van der Waals surface area (Å²) in [6, 6.07) is 12.2. The smallest absolute Gasteiger partial charge is 0.416 e. The van der Waals surface area contributed by atoms with Gasteiger partial charge in [-0.25, -0.2) is 0 Å². The molecule has 0 aromatic heterocycles. The Morgan fingerprint density at radius 3 is 2.29 bits per heavy atom. The first kappa shape index (κ1) is 28.3. The molecule has 1 heterocycles. The Kier molecular flexibility index (Phi) is 11.5. The van der Waals surface area contributed by atoms with E-state index in [0.717, 1.165) is 57.4 Å². The number of hydrogen-bond acceptors (Lipinski definition) is 3. The van der Waals surface area contributed by atoms with Crippen LogP contribution in [0.15, 0.2) is 42.5 Å². The van der Waals surface area contributed by atoms with E-state index in [1.807, 2.05) is 0 Å². The van der Waals surface area contributed by atoms with Crippen LogP contribution in [0.2, 0.25) is 0 Å². The first-order chi connectivity index (χ1) is 15.9. The number of methoxy groups -OCH3 is 1. The van der Waals surface area contributed by atoms with Crippen molar-refractivity contribution in [2.24, 2.45) is 0 Å². The van der Waals surface area contributed by atoms with Gasteiger partial charge in [-0.2, -0.15) is 13.2 Å². The van der Waals surface area contributed by atoms with Crippen molar-refractivity contribution >= 4 is 18.1 Å². The average Bonchev–Trinajstić information content (AvgIpc) is 2.82. The molecule has 0 atom stereocenters. The van der Waals surface area contributed by atoms with E-state index < -0.39 is 11.7 Å². The minimum Gasteiger partial charge on any atom is -0.496 e. The highest BCUT2D eigenvalue weighted by molar-refractivity contribution is 5.85. The van der Waals surface area contributed by atoms with Crippen molar-refractivity contribution in [3.63, 3.8) is 0 Å². The van der Waals surface area contributed by atoms with Crippen LogP contribution in [-0.4, -0.2) is 44.7 Å². The van der Waals surface area contributed by atoms with Crippen LogP contribution in [0.5, 0.6) is 5.75 Å². The van der Waals surface area contributed by atoms with Crippen molar-refractivity contribution < 1.29 is 17.9 Å². The average molecular weight is 499 g/mol. The molecule has 7 heteroatoms. The van der Waals surface area contributed by atoms with E-state index in [4.69, 9.17) is 4.74 Å². The van der Waals surface area contributed by atoms with Crippen molar-refractivity contribution in [2.75, 3.05) is 44.7 Å². The second kappa shape index (κ2) is 13.8. The van der Waals surface area contributed by atoms with Crippen molar-refractivity contribution in [3.8, 4) is 5.75 Å². The van der Waals surface area contributed by atoms with Crippen LogP contribution < -0.4 is 9.64 Å². The normalized spacial score (nSPS) is 14.7. The first-order valence-corrected chi connectivity index (χ1v) is 12.2. The number of alkyl halides is 3. The Morgan fingerprint density at radius 2 is 1.62 bits per heavy atom. The number of halogens is 4. The third kappa shape index (κ3) is 8.38. The van der Waals surface area contributed by atoms with E-state index in [1.165, 1.54) is 55.4 Å². The van der Waals surface area contributed by atoms with Crippen LogP contribution in [0.4, 0.5) is 18.9 Å². The SMILES string of the molecule is CCCCCCCc1cc(CCN2CCN(c3cccc(C(F)(F)F)c3)CC2)ccc1OC.Cl. The van der Waals surface area contributed by atoms with Gasteiger partial charge in [0.25, 0.3) is 0 Å². The van der Waals surface area contributed by atoms with E-state index in [9.17, 15) is 13.2 Å². The molecule has 34 heavy (non-hydrogen) atoms. The van der Waals surface area contributed by atoms with Gasteiger partial charge in [-0.1, -0.05) is 50.8 Å². The Hall–Kier alpha value is -1.92. The van der Waals surface area contributed by atoms with Gasteiger partial charge in [0.1, 0.15) is 5.75 Å². The van der Waals surface area contributed by atoms with E-state index in [-0.39, 0.29) is 12.4 Å². The zero-order valence-electron chi connectivity index (χ0n) is 20.4. The number of ether oxygens (including phenoxy) is 1. The summed E-state index contributed by atoms with van der Waals surface area (Å²) in [4.78, 5) is 4.45. The quantitative estimate of drug-likeness (QED) is 0.310. The lowest BCUT2D eigenvalue weighted by atomic mass is 10.0. The fourth-order valence-electron chi connectivity index (χ4n) is 4.50. The summed E-state index contributed by atoms with van der Waals surface area (Å²) < 4.78 is 44.6. The monoisotopic (exact) mass is 498 g/mol. The lowest BCUT2D eigenvalue weighted by molar-refractivity contribution is -0.137. The molecule has 0 unspecified atom stereocenters. The van der Waals surface area contributed by atoms with Crippen molar-refractivity contribution in [1.82, 2.24) is 4.90 Å². The molecule has 1 aliphatic heterocycles. The topological polar surface area (TPSA) is 15.7 Å². The molecule has 0 N–H and O–H groups in total. The van der Waals surface area contributed by atoms with Gasteiger partial charge in [-0.3, -0.25) is 4.90 Å². The van der Waals surface area contributed by atoms with E-state index in [1.54, 1.807) is 13.2 Å². The molecule has 1 saturated heterocycles. The molecule has 0 spiro atoms. The molecule has 3 nitrogen and oxygen atoms in total. The number of unbranched alkanes of at least 4 members (excludes halogenated alkanes) is 4. The third-order valence-corrected chi connectivity index (χ3v) is 6.52. The van der Waals surface area contributed by atoms with E-state index >= 15 is 0 Å². The van der Waals surface area contributed by atoms with Crippen LogP contribution in [-0.2, 0) is 19.0 Å². The van der Waals surface area contributed by atoms with Gasteiger partial charge in [-0.05, 0) is 54.7 Å². The molecule has 190 valence electrons. The molecule has 2 aromatic rings. The summed E-state index contributed by atoms with van der Waals surface area (Å²) >= 11 is 0. The number of benzene rings is 2. The van der Waals surface area contributed by atoms with Crippen LogP contribution in [0.1, 0.15) is 55.7 Å². The predicted molar refractivity (Wildman–Crippen MR) is 137 cm³/mol. The molecule has 0 saturated carbocycles. The lowest BCUT2D eigenvalue weighted by Gasteiger charge is -2.36. The fourth-order valence-corrected chi connectivity index (χ4v) is 4.50. The summed E-state index contributed by atoms with van der Waals surface area (Å²) in [7, 11) is 1.74. The summed E-state index contributed by atoms with van der Waals surface area (Å²) in [5.41, 5.74) is 2.69. The summed E-state index contributed by atoms with van der Waals surface area (Å²) in [5, 5.41) is 0. The van der Waals surface area contributed by atoms with Gasteiger partial charge in [0.2, 0.25) is 0 Å². The van der Waals surface area contributed by atoms with Gasteiger partial charge in [0, 0.05) is 38.4 Å². The number of aryl methyl sites for hydroxylation is 1. The van der Waals surface area contributed by atoms with Crippen molar-refractivity contribution in [1.29, 1.82) is 0 Å². The molecule has 0 amide bonds. The maximum absolute atomic E-state index is 13.0. The van der Waals surface area contributed by atoms with E-state index in [2.05, 4.69) is 34.9 Å². The number of hydrogen-bond donors (Lipinski definition) is 0. The molecule has 1 aliphatic rings. The van der Waals surface area contributed by atoms with Gasteiger partial charge >= 0.3 is 6.18 Å². The highest BCUT2D eigenvalue weighted by Gasteiger charge is 2.31. The summed E-state index contributed by atoms with van der Waals surface area (Å²) in [6.45, 7) is 6.39. The highest BCUT2D eigenvalue weighted by Crippen LogP contribution is 2.32. The minimum atomic E-state index is -4.30. The zero-order valence-corrected chi connectivity index (χ0v) is 21.2. The van der Waals surface area contributed by atoms with Gasteiger partial charge < -0.3 is 9.64 Å². The first-order valence-electron chi connectivity index (χ1n) is 12.2. The standard InChI is InChI=1S/C27H37F3N2O.ClH/c1-3-4-5-6-7-9-23-20-22(12-13-26(23)33-2)14-15-31-16-18-32(19-17-31)25-11-8-10-24(21-25)27(28,29)30;/h8,10-13,20-21H,3-7,9,14-19H2,1-2H3;1H. The molecular formula is C27H38ClF3N2O. The molecule has 1 fully saturated rings. The lowest BCUT2D eigenvalue weighted by Crippen LogP contribution is -2.47. The van der Waals surface area contributed by atoms with Gasteiger partial charge in [0.15, 0.2) is 0 Å². The van der Waals surface area contributed by atoms with Crippen molar-refractivity contribution in [2.45, 2.75) is 58.0 Å². The summed E-state index contributed by atoms with van der Waals surface area (Å²) in [6.07, 6.45) is 4.03. The minimum absolute atomic E-state index is 0. The Bertz CT molecular complexity index is 867. The molecule has 0 aliphatic carbocycles. The molecule has 0 bridgehead atoms. The largest absolute Gasteiger partial charge is 0.496 e. The maximum atomic E-state index is 13.0.